The topological polar surface area (TPSA) is 170 Å². The van der Waals surface area contributed by atoms with E-state index in [2.05, 4.69) is 5.32 Å². The number of hydrogen-bond donors (Lipinski definition) is 1. The van der Waals surface area contributed by atoms with Gasteiger partial charge in [-0.25, -0.2) is 4.79 Å². The molecule has 1 N–H and O–H groups in total. The molecular weight excluding hydrogens is 538 g/mol. The number of rotatable bonds is 11. The van der Waals surface area contributed by atoms with Gasteiger partial charge in [-0.15, -0.1) is 11.8 Å². The normalized spacial score (nSPS) is 22.9. The summed E-state index contributed by atoms with van der Waals surface area (Å²) in [6.45, 7) is 4.12. The summed E-state index contributed by atoms with van der Waals surface area (Å²) in [7, 11) is 1.16. The van der Waals surface area contributed by atoms with E-state index in [9.17, 15) is 28.8 Å². The first kappa shape index (κ1) is 31.6. The van der Waals surface area contributed by atoms with E-state index >= 15 is 0 Å². The van der Waals surface area contributed by atoms with Gasteiger partial charge in [-0.2, -0.15) is 0 Å². The molecule has 0 spiro atoms. The molecule has 1 aliphatic heterocycles. The van der Waals surface area contributed by atoms with Crippen molar-refractivity contribution in [2.24, 2.45) is 0 Å². The second-order valence-corrected chi connectivity index (χ2v) is 9.45. The van der Waals surface area contributed by atoms with Gasteiger partial charge in [0.25, 0.3) is 5.91 Å². The summed E-state index contributed by atoms with van der Waals surface area (Å²) >= 11 is 0.939. The van der Waals surface area contributed by atoms with Crippen LogP contribution in [0.15, 0.2) is 30.3 Å². The second kappa shape index (κ2) is 15.1. The lowest BCUT2D eigenvalue weighted by atomic mass is 9.99. The SMILES string of the molecule is COC(=O)[C@H](CS[C@H]1O[C@H](COC(C)=O)[C@H](OC(C)=O)[C@H](OC(C)=O)[C@H]1OC(C)=O)NC(=O)c1ccccc1. The largest absolute Gasteiger partial charge is 0.467 e. The van der Waals surface area contributed by atoms with Crippen molar-refractivity contribution in [2.45, 2.75) is 63.6 Å². The zero-order valence-corrected chi connectivity index (χ0v) is 22.9. The molecule has 0 saturated carbocycles. The highest BCUT2D eigenvalue weighted by Crippen LogP contribution is 2.34. The Labute approximate surface area is 229 Å². The number of amides is 1. The summed E-state index contributed by atoms with van der Waals surface area (Å²) in [5.41, 5.74) is -0.810. The third-order valence-corrected chi connectivity index (χ3v) is 6.44. The van der Waals surface area contributed by atoms with Crippen LogP contribution in [0.3, 0.4) is 0 Å². The van der Waals surface area contributed by atoms with Crippen LogP contribution in [0.4, 0.5) is 0 Å². The maximum Gasteiger partial charge on any atom is 0.329 e. The van der Waals surface area contributed by atoms with Crippen molar-refractivity contribution in [3.8, 4) is 0 Å². The van der Waals surface area contributed by atoms with Gasteiger partial charge in [0.05, 0.1) is 7.11 Å². The molecule has 0 radical (unpaired) electrons. The predicted molar refractivity (Wildman–Crippen MR) is 134 cm³/mol. The van der Waals surface area contributed by atoms with Crippen molar-refractivity contribution >= 4 is 47.5 Å². The first-order valence-corrected chi connectivity index (χ1v) is 12.8. The molecule has 0 aliphatic carbocycles. The van der Waals surface area contributed by atoms with Gasteiger partial charge >= 0.3 is 29.8 Å². The Kier molecular flexibility index (Phi) is 12.2. The number of ether oxygens (including phenoxy) is 6. The van der Waals surface area contributed by atoms with E-state index < -0.39 is 71.6 Å². The van der Waals surface area contributed by atoms with E-state index in [1.165, 1.54) is 0 Å². The molecule has 13 nitrogen and oxygen atoms in total. The predicted octanol–water partition coefficient (Wildman–Crippen LogP) is 0.774. The molecule has 1 fully saturated rings. The average Bonchev–Trinajstić information content (AvgIpc) is 2.87. The first-order valence-electron chi connectivity index (χ1n) is 11.8. The molecule has 1 heterocycles. The van der Waals surface area contributed by atoms with Crippen molar-refractivity contribution in [3.63, 3.8) is 0 Å². The molecule has 14 heteroatoms. The minimum absolute atomic E-state index is 0.126. The highest BCUT2D eigenvalue weighted by atomic mass is 32.2. The van der Waals surface area contributed by atoms with Gasteiger partial charge in [0, 0.05) is 39.0 Å². The molecule has 1 saturated heterocycles. The maximum atomic E-state index is 12.7. The fraction of sp³-hybridized carbons (Fsp3) is 0.520. The van der Waals surface area contributed by atoms with E-state index in [0.717, 1.165) is 46.6 Å². The molecule has 0 unspecified atom stereocenters. The lowest BCUT2D eigenvalue weighted by Gasteiger charge is -2.44. The minimum Gasteiger partial charge on any atom is -0.467 e. The Balaban J connectivity index is 2.36. The van der Waals surface area contributed by atoms with Crippen LogP contribution in [0.2, 0.25) is 0 Å². The summed E-state index contributed by atoms with van der Waals surface area (Å²) < 4.78 is 32.0. The van der Waals surface area contributed by atoms with Gasteiger partial charge < -0.3 is 33.7 Å². The number of thioether (sulfide) groups is 1. The van der Waals surface area contributed by atoms with E-state index in [0.29, 0.717) is 5.56 Å². The molecule has 6 atom stereocenters. The van der Waals surface area contributed by atoms with Crippen LogP contribution >= 0.6 is 11.8 Å². The molecule has 1 aliphatic rings. The third-order valence-electron chi connectivity index (χ3n) is 5.20. The van der Waals surface area contributed by atoms with Gasteiger partial charge in [0.2, 0.25) is 0 Å². The second-order valence-electron chi connectivity index (χ2n) is 8.32. The highest BCUT2D eigenvalue weighted by Gasteiger charge is 2.52. The van der Waals surface area contributed by atoms with E-state index in [1.54, 1.807) is 30.3 Å². The van der Waals surface area contributed by atoms with Crippen molar-refractivity contribution in [2.75, 3.05) is 19.5 Å². The lowest BCUT2D eigenvalue weighted by molar-refractivity contribution is -0.237. The summed E-state index contributed by atoms with van der Waals surface area (Å²) in [5.74, 6) is -4.34. The van der Waals surface area contributed by atoms with Gasteiger partial charge in [-0.05, 0) is 12.1 Å². The lowest BCUT2D eigenvalue weighted by Crippen LogP contribution is -2.61. The molecular formula is C25H31NO12S. The smallest absolute Gasteiger partial charge is 0.329 e. The monoisotopic (exact) mass is 569 g/mol. The van der Waals surface area contributed by atoms with Crippen LogP contribution in [-0.4, -0.2) is 91.1 Å². The summed E-state index contributed by atoms with van der Waals surface area (Å²) in [4.78, 5) is 72.4. The Morgan fingerprint density at radius 1 is 0.846 bits per heavy atom. The maximum absolute atomic E-state index is 12.7. The molecule has 0 aromatic heterocycles. The number of esters is 5. The van der Waals surface area contributed by atoms with Crippen molar-refractivity contribution in [1.29, 1.82) is 0 Å². The van der Waals surface area contributed by atoms with Gasteiger partial charge in [-0.1, -0.05) is 18.2 Å². The van der Waals surface area contributed by atoms with Crippen LogP contribution in [-0.2, 0) is 52.4 Å². The minimum atomic E-state index is -1.35. The molecule has 1 aromatic rings. The summed E-state index contributed by atoms with van der Waals surface area (Å²) in [6.07, 6.45) is -5.10. The van der Waals surface area contributed by atoms with Crippen LogP contribution < -0.4 is 5.32 Å². The first-order chi connectivity index (χ1) is 18.4. The number of carbonyl (C=O) groups excluding carboxylic acids is 6. The van der Waals surface area contributed by atoms with Gasteiger partial charge in [0.15, 0.2) is 18.3 Å². The number of methoxy groups -OCH3 is 1. The van der Waals surface area contributed by atoms with Crippen LogP contribution in [0.1, 0.15) is 38.1 Å². The molecule has 0 bridgehead atoms. The standard InChI is InChI=1S/C25H31NO12S/c1-13(27)34-11-19-20(35-14(2)28)21(36-15(3)29)22(37-16(4)30)25(38-19)39-12-18(24(32)33-5)26-23(31)17-9-7-6-8-10-17/h6-10,18-22,25H,11-12H2,1-5H3,(H,26,31)/t18-,19+,20-,21-,22+,25+/m0/s1. The Hall–Kier alpha value is -3.65. The van der Waals surface area contributed by atoms with Crippen LogP contribution in [0, 0.1) is 0 Å². The molecule has 1 aromatic carbocycles. The zero-order chi connectivity index (χ0) is 29.1. The number of hydrogen-bond acceptors (Lipinski definition) is 13. The third kappa shape index (κ3) is 9.87. The molecule has 214 valence electrons. The fourth-order valence-electron chi connectivity index (χ4n) is 3.66. The Morgan fingerprint density at radius 2 is 1.41 bits per heavy atom. The summed E-state index contributed by atoms with van der Waals surface area (Å²) in [5, 5.41) is 2.59. The fourth-order valence-corrected chi connectivity index (χ4v) is 4.88. The summed E-state index contributed by atoms with van der Waals surface area (Å²) in [6, 6.07) is 7.03. The van der Waals surface area contributed by atoms with Crippen LogP contribution in [0.25, 0.3) is 0 Å². The number of benzene rings is 1. The number of carbonyl (C=O) groups is 6. The van der Waals surface area contributed by atoms with E-state index in [1.807, 2.05) is 0 Å². The van der Waals surface area contributed by atoms with Crippen molar-refractivity contribution in [1.82, 2.24) is 5.32 Å². The molecule has 2 rings (SSSR count). The highest BCUT2D eigenvalue weighted by molar-refractivity contribution is 7.99. The Morgan fingerprint density at radius 3 is 1.95 bits per heavy atom. The molecule has 39 heavy (non-hydrogen) atoms. The Bertz CT molecular complexity index is 1050. The van der Waals surface area contributed by atoms with Crippen molar-refractivity contribution in [3.05, 3.63) is 35.9 Å². The van der Waals surface area contributed by atoms with E-state index in [4.69, 9.17) is 28.4 Å². The van der Waals surface area contributed by atoms with Crippen molar-refractivity contribution < 1.29 is 57.2 Å². The van der Waals surface area contributed by atoms with Crippen LogP contribution in [0.5, 0.6) is 0 Å². The zero-order valence-electron chi connectivity index (χ0n) is 22.1. The quantitative estimate of drug-likeness (QED) is 0.293. The van der Waals surface area contributed by atoms with Gasteiger partial charge in [0.1, 0.15) is 24.2 Å². The van der Waals surface area contributed by atoms with Gasteiger partial charge in [-0.3, -0.25) is 24.0 Å². The average molecular weight is 570 g/mol. The molecule has 1 amide bonds. The number of nitrogens with one attached hydrogen (secondary N) is 1. The van der Waals surface area contributed by atoms with E-state index in [-0.39, 0.29) is 12.4 Å².